The number of hydrogen-bond donors (Lipinski definition) is 0. The van der Waals surface area contributed by atoms with Crippen LogP contribution < -0.4 is 9.64 Å². The van der Waals surface area contributed by atoms with Crippen LogP contribution in [-0.2, 0) is 17.8 Å². The Morgan fingerprint density at radius 3 is 2.62 bits per heavy atom. The van der Waals surface area contributed by atoms with Crippen LogP contribution in [0, 0.1) is 10.1 Å². The van der Waals surface area contributed by atoms with E-state index in [0.717, 1.165) is 10.3 Å². The molecule has 32 heavy (non-hydrogen) atoms. The highest BCUT2D eigenvalue weighted by Crippen LogP contribution is 2.35. The molecule has 162 valence electrons. The van der Waals surface area contributed by atoms with Crippen molar-refractivity contribution in [2.45, 2.75) is 19.9 Å². The van der Waals surface area contributed by atoms with E-state index in [1.165, 1.54) is 23.5 Å². The van der Waals surface area contributed by atoms with Gasteiger partial charge < -0.3 is 4.74 Å². The molecule has 0 atom stereocenters. The highest BCUT2D eigenvalue weighted by Gasteiger charge is 2.22. The smallest absolute Gasteiger partial charge is 0.269 e. The van der Waals surface area contributed by atoms with Crippen LogP contribution in [0.5, 0.6) is 5.75 Å². The number of benzene rings is 2. The van der Waals surface area contributed by atoms with Gasteiger partial charge >= 0.3 is 0 Å². The Morgan fingerprint density at radius 2 is 1.94 bits per heavy atom. The van der Waals surface area contributed by atoms with Crippen LogP contribution in [0.25, 0.3) is 10.2 Å². The molecule has 0 saturated heterocycles. The lowest BCUT2D eigenvalue weighted by molar-refractivity contribution is -0.384. The number of anilines is 1. The second kappa shape index (κ2) is 9.52. The number of fused-ring (bicyclic) bond motifs is 1. The average molecular weight is 449 g/mol. The summed E-state index contributed by atoms with van der Waals surface area (Å²) in [6.07, 6.45) is 3.48. The van der Waals surface area contributed by atoms with Gasteiger partial charge in [0.25, 0.3) is 5.69 Å². The van der Waals surface area contributed by atoms with E-state index in [1.54, 1.807) is 29.4 Å². The number of nitro groups is 1. The Kier molecular flexibility index (Phi) is 6.37. The highest BCUT2D eigenvalue weighted by atomic mass is 32.1. The fourth-order valence-corrected chi connectivity index (χ4v) is 4.24. The third kappa shape index (κ3) is 4.73. The predicted octanol–water partition coefficient (Wildman–Crippen LogP) is 4.77. The van der Waals surface area contributed by atoms with Gasteiger partial charge in [-0.3, -0.25) is 24.8 Å². The van der Waals surface area contributed by atoms with E-state index in [4.69, 9.17) is 9.72 Å². The number of pyridine rings is 1. The van der Waals surface area contributed by atoms with E-state index in [-0.39, 0.29) is 18.0 Å². The number of thiazole rings is 1. The first-order valence-corrected chi connectivity index (χ1v) is 10.8. The molecule has 4 rings (SSSR count). The van der Waals surface area contributed by atoms with Crippen molar-refractivity contribution in [1.82, 2.24) is 9.97 Å². The lowest BCUT2D eigenvalue weighted by Crippen LogP contribution is -2.31. The van der Waals surface area contributed by atoms with Gasteiger partial charge in [-0.15, -0.1) is 0 Å². The third-order valence-corrected chi connectivity index (χ3v) is 5.81. The molecular weight excluding hydrogens is 428 g/mol. The Bertz CT molecular complexity index is 1240. The molecule has 0 saturated carbocycles. The summed E-state index contributed by atoms with van der Waals surface area (Å²) in [7, 11) is 0. The topological polar surface area (TPSA) is 98.5 Å². The number of nitrogens with zero attached hydrogens (tertiary/aromatic N) is 4. The summed E-state index contributed by atoms with van der Waals surface area (Å²) in [6.45, 7) is 2.74. The minimum absolute atomic E-state index is 0.0111. The molecule has 0 aliphatic heterocycles. The first kappa shape index (κ1) is 21.4. The molecule has 8 nitrogen and oxygen atoms in total. The third-order valence-electron chi connectivity index (χ3n) is 4.77. The zero-order chi connectivity index (χ0) is 22.5. The molecule has 0 unspecified atom stereocenters. The maximum atomic E-state index is 13.3. The van der Waals surface area contributed by atoms with Crippen molar-refractivity contribution in [2.75, 3.05) is 11.5 Å². The molecule has 0 aliphatic carbocycles. The zero-order valence-corrected chi connectivity index (χ0v) is 18.1. The fourth-order valence-electron chi connectivity index (χ4n) is 3.24. The molecule has 9 heteroatoms. The second-order valence-corrected chi connectivity index (χ2v) is 7.98. The quantitative estimate of drug-likeness (QED) is 0.284. The standard InChI is InChI=1S/C23H20N4O4S/c1-2-31-19-6-3-7-20-22(19)25-23(32-20)26(15-17-5-4-12-24-14-17)21(28)13-16-8-10-18(11-9-16)27(29)30/h3-12,14H,2,13,15H2,1H3. The van der Waals surface area contributed by atoms with E-state index >= 15 is 0 Å². The number of hydrogen-bond acceptors (Lipinski definition) is 7. The Morgan fingerprint density at radius 1 is 1.12 bits per heavy atom. The second-order valence-electron chi connectivity index (χ2n) is 6.97. The molecule has 4 aromatic rings. The Labute approximate surface area is 188 Å². The number of ether oxygens (including phenoxy) is 1. The number of amides is 1. The molecule has 0 spiro atoms. The molecule has 1 amide bonds. The van der Waals surface area contributed by atoms with Gasteiger partial charge in [0.15, 0.2) is 5.13 Å². The number of rotatable bonds is 8. The summed E-state index contributed by atoms with van der Waals surface area (Å²) in [5.41, 5.74) is 2.26. The van der Waals surface area contributed by atoms with Crippen LogP contribution in [-0.4, -0.2) is 27.4 Å². The van der Waals surface area contributed by atoms with Crippen molar-refractivity contribution < 1.29 is 14.5 Å². The number of carbonyl (C=O) groups excluding carboxylic acids is 1. The van der Waals surface area contributed by atoms with Gasteiger partial charge in [0.2, 0.25) is 5.91 Å². The van der Waals surface area contributed by atoms with Crippen LogP contribution >= 0.6 is 11.3 Å². The highest BCUT2D eigenvalue weighted by molar-refractivity contribution is 7.22. The van der Waals surface area contributed by atoms with E-state index in [2.05, 4.69) is 4.98 Å². The van der Waals surface area contributed by atoms with Gasteiger partial charge in [-0.25, -0.2) is 4.98 Å². The van der Waals surface area contributed by atoms with Crippen LogP contribution in [0.15, 0.2) is 67.0 Å². The summed E-state index contributed by atoms with van der Waals surface area (Å²) in [5.74, 6) is 0.511. The van der Waals surface area contributed by atoms with Crippen LogP contribution in [0.1, 0.15) is 18.1 Å². The van der Waals surface area contributed by atoms with E-state index in [9.17, 15) is 14.9 Å². The normalized spacial score (nSPS) is 10.8. The van der Waals surface area contributed by atoms with Gasteiger partial charge in [-0.1, -0.05) is 35.6 Å². The first-order chi connectivity index (χ1) is 15.5. The van der Waals surface area contributed by atoms with Gasteiger partial charge in [0.05, 0.1) is 29.2 Å². The van der Waals surface area contributed by atoms with Crippen molar-refractivity contribution in [3.05, 3.63) is 88.2 Å². The summed E-state index contributed by atoms with van der Waals surface area (Å²) in [4.78, 5) is 34.3. The van der Waals surface area contributed by atoms with Gasteiger partial charge in [0.1, 0.15) is 11.3 Å². The molecule has 0 radical (unpaired) electrons. The maximum absolute atomic E-state index is 13.3. The van der Waals surface area contributed by atoms with Crippen molar-refractivity contribution in [2.24, 2.45) is 0 Å². The SMILES string of the molecule is CCOc1cccc2sc(N(Cc3cccnc3)C(=O)Cc3ccc([N+](=O)[O-])cc3)nc12. The predicted molar refractivity (Wildman–Crippen MR) is 123 cm³/mol. The molecule has 2 aromatic heterocycles. The zero-order valence-electron chi connectivity index (χ0n) is 17.3. The Balaban J connectivity index is 1.67. The monoisotopic (exact) mass is 448 g/mol. The Hall–Kier alpha value is -3.85. The minimum Gasteiger partial charge on any atom is -0.492 e. The molecule has 0 N–H and O–H groups in total. The fraction of sp³-hybridized carbons (Fsp3) is 0.174. The van der Waals surface area contributed by atoms with Gasteiger partial charge in [-0.2, -0.15) is 0 Å². The summed E-state index contributed by atoms with van der Waals surface area (Å²) in [6, 6.07) is 15.4. The van der Waals surface area contributed by atoms with Crippen molar-refractivity contribution in [3.63, 3.8) is 0 Å². The van der Waals surface area contributed by atoms with Crippen LogP contribution in [0.2, 0.25) is 0 Å². The first-order valence-electron chi connectivity index (χ1n) is 10.00. The number of non-ortho nitro benzene ring substituents is 1. The summed E-state index contributed by atoms with van der Waals surface area (Å²) >= 11 is 1.41. The van der Waals surface area contributed by atoms with Crippen LogP contribution in [0.4, 0.5) is 10.8 Å². The number of para-hydroxylation sites is 1. The van der Waals surface area contributed by atoms with Crippen molar-refractivity contribution in [1.29, 1.82) is 0 Å². The lowest BCUT2D eigenvalue weighted by atomic mass is 10.1. The molecule has 2 aromatic carbocycles. The number of aromatic nitrogens is 2. The van der Waals surface area contributed by atoms with E-state index in [0.29, 0.717) is 35.1 Å². The molecular formula is C23H20N4O4S. The molecule has 0 fully saturated rings. The van der Waals surface area contributed by atoms with Crippen molar-refractivity contribution in [3.8, 4) is 5.75 Å². The van der Waals surface area contributed by atoms with E-state index in [1.807, 2.05) is 37.3 Å². The van der Waals surface area contributed by atoms with Crippen molar-refractivity contribution >= 4 is 38.3 Å². The minimum atomic E-state index is -0.461. The van der Waals surface area contributed by atoms with Gasteiger partial charge in [0, 0.05) is 24.5 Å². The number of nitro benzene ring substituents is 1. The lowest BCUT2D eigenvalue weighted by Gasteiger charge is -2.20. The van der Waals surface area contributed by atoms with Gasteiger partial charge in [-0.05, 0) is 36.2 Å². The summed E-state index contributed by atoms with van der Waals surface area (Å²) in [5, 5.41) is 11.5. The summed E-state index contributed by atoms with van der Waals surface area (Å²) < 4.78 is 6.61. The molecule has 2 heterocycles. The van der Waals surface area contributed by atoms with E-state index < -0.39 is 4.92 Å². The van der Waals surface area contributed by atoms with Crippen LogP contribution in [0.3, 0.4) is 0 Å². The average Bonchev–Trinajstić information content (AvgIpc) is 3.23. The molecule has 0 aliphatic rings. The maximum Gasteiger partial charge on any atom is 0.269 e. The largest absolute Gasteiger partial charge is 0.492 e. The molecule has 0 bridgehead atoms. The number of carbonyl (C=O) groups is 1.